The number of carbonyl (C=O) groups excluding carboxylic acids is 1. The highest BCUT2D eigenvalue weighted by atomic mass is 32.1. The summed E-state index contributed by atoms with van der Waals surface area (Å²) in [6.07, 6.45) is 0. The Morgan fingerprint density at radius 2 is 1.76 bits per heavy atom. The molecule has 0 fully saturated rings. The average Bonchev–Trinajstić information content (AvgIpc) is 2.72. The van der Waals surface area contributed by atoms with E-state index in [1.165, 1.54) is 0 Å². The van der Waals surface area contributed by atoms with Gasteiger partial charge in [-0.1, -0.05) is 18.2 Å². The molecule has 0 saturated heterocycles. The van der Waals surface area contributed by atoms with E-state index in [4.69, 9.17) is 26.4 Å². The molecule has 1 atom stereocenters. The van der Waals surface area contributed by atoms with Crippen LogP contribution in [0.2, 0.25) is 0 Å². The van der Waals surface area contributed by atoms with E-state index < -0.39 is 6.04 Å². The van der Waals surface area contributed by atoms with Crippen LogP contribution in [0.4, 0.5) is 5.69 Å². The highest BCUT2D eigenvalue weighted by Crippen LogP contribution is 2.35. The Hall–Kier alpha value is -3.26. The van der Waals surface area contributed by atoms with Crippen molar-refractivity contribution in [2.45, 2.75) is 13.0 Å². The highest BCUT2D eigenvalue weighted by molar-refractivity contribution is 7.80. The number of anilines is 1. The molecule has 7 nitrogen and oxygen atoms in total. The van der Waals surface area contributed by atoms with E-state index in [9.17, 15) is 4.79 Å². The van der Waals surface area contributed by atoms with Gasteiger partial charge >= 0.3 is 0 Å². The largest absolute Gasteiger partial charge is 0.497 e. The van der Waals surface area contributed by atoms with Crippen molar-refractivity contribution < 1.29 is 19.0 Å². The van der Waals surface area contributed by atoms with Crippen LogP contribution in [0.1, 0.15) is 18.5 Å². The normalized spacial score (nSPS) is 15.9. The molecule has 3 rings (SSSR count). The van der Waals surface area contributed by atoms with Crippen LogP contribution in [-0.4, -0.2) is 32.3 Å². The van der Waals surface area contributed by atoms with Gasteiger partial charge < -0.3 is 30.2 Å². The molecule has 0 saturated carbocycles. The standard InChI is InChI=1S/C21H23N3O4S/c1-12-18(20(25)23-15-11-13(26-2)9-10-17(15)28-4)19(24-21(29)22-12)14-7-5-6-8-16(14)27-3/h5-11,19H,1-4H3,(H,23,25)(H2,22,24,29)/t19-/m1/s1. The number of methoxy groups -OCH3 is 3. The summed E-state index contributed by atoms with van der Waals surface area (Å²) in [5.41, 5.74) is 2.46. The number of thiocarbonyl (C=S) groups is 1. The number of amides is 1. The van der Waals surface area contributed by atoms with Gasteiger partial charge in [0.1, 0.15) is 17.2 Å². The van der Waals surface area contributed by atoms with Gasteiger partial charge in [-0.05, 0) is 37.3 Å². The van der Waals surface area contributed by atoms with Crippen molar-refractivity contribution in [3.8, 4) is 17.2 Å². The van der Waals surface area contributed by atoms with Gasteiger partial charge in [0.15, 0.2) is 5.11 Å². The van der Waals surface area contributed by atoms with E-state index in [1.807, 2.05) is 31.2 Å². The van der Waals surface area contributed by atoms with Gasteiger partial charge in [0.05, 0.1) is 38.6 Å². The highest BCUT2D eigenvalue weighted by Gasteiger charge is 2.32. The molecule has 0 spiro atoms. The third-order valence-corrected chi connectivity index (χ3v) is 4.84. The Morgan fingerprint density at radius 3 is 2.45 bits per heavy atom. The molecule has 1 heterocycles. The first kappa shape index (κ1) is 20.5. The van der Waals surface area contributed by atoms with Crippen LogP contribution in [0.15, 0.2) is 53.7 Å². The average molecular weight is 413 g/mol. The number of hydrogen-bond acceptors (Lipinski definition) is 5. The molecular weight excluding hydrogens is 390 g/mol. The van der Waals surface area contributed by atoms with E-state index in [-0.39, 0.29) is 5.91 Å². The Labute approximate surface area is 175 Å². The first-order valence-electron chi connectivity index (χ1n) is 8.93. The molecule has 152 valence electrons. The first-order valence-corrected chi connectivity index (χ1v) is 9.34. The molecule has 0 radical (unpaired) electrons. The fraction of sp³-hybridized carbons (Fsp3) is 0.238. The van der Waals surface area contributed by atoms with Crippen molar-refractivity contribution in [1.29, 1.82) is 0 Å². The van der Waals surface area contributed by atoms with Crippen molar-refractivity contribution in [3.05, 3.63) is 59.3 Å². The molecule has 0 unspecified atom stereocenters. The third kappa shape index (κ3) is 4.27. The maximum absolute atomic E-state index is 13.3. The zero-order valence-corrected chi connectivity index (χ0v) is 17.5. The lowest BCUT2D eigenvalue weighted by molar-refractivity contribution is -0.113. The molecule has 0 aliphatic carbocycles. The zero-order valence-electron chi connectivity index (χ0n) is 16.7. The number of carbonyl (C=O) groups is 1. The Morgan fingerprint density at radius 1 is 1.03 bits per heavy atom. The summed E-state index contributed by atoms with van der Waals surface area (Å²) in [7, 11) is 4.70. The Kier molecular flexibility index (Phi) is 6.23. The van der Waals surface area contributed by atoms with Crippen molar-refractivity contribution in [2.24, 2.45) is 0 Å². The lowest BCUT2D eigenvalue weighted by atomic mass is 9.94. The van der Waals surface area contributed by atoms with Gasteiger partial charge in [-0.3, -0.25) is 4.79 Å². The van der Waals surface area contributed by atoms with E-state index >= 15 is 0 Å². The summed E-state index contributed by atoms with van der Waals surface area (Å²) >= 11 is 5.32. The third-order valence-electron chi connectivity index (χ3n) is 4.62. The molecule has 0 aromatic heterocycles. The maximum Gasteiger partial charge on any atom is 0.255 e. The summed E-state index contributed by atoms with van der Waals surface area (Å²) in [4.78, 5) is 13.3. The van der Waals surface area contributed by atoms with Crippen molar-refractivity contribution in [2.75, 3.05) is 26.6 Å². The molecule has 3 N–H and O–H groups in total. The van der Waals surface area contributed by atoms with Gasteiger partial charge in [-0.15, -0.1) is 0 Å². The molecular formula is C21H23N3O4S. The van der Waals surface area contributed by atoms with Gasteiger partial charge in [-0.25, -0.2) is 0 Å². The summed E-state index contributed by atoms with van der Waals surface area (Å²) in [5, 5.41) is 9.56. The van der Waals surface area contributed by atoms with E-state index in [2.05, 4.69) is 16.0 Å². The number of para-hydroxylation sites is 1. The number of hydrogen-bond donors (Lipinski definition) is 3. The summed E-state index contributed by atoms with van der Waals surface area (Å²) in [5.74, 6) is 1.49. The number of allylic oxidation sites excluding steroid dienone is 1. The van der Waals surface area contributed by atoms with E-state index in [1.54, 1.807) is 39.5 Å². The van der Waals surface area contributed by atoms with Crippen LogP contribution >= 0.6 is 12.2 Å². The predicted molar refractivity (Wildman–Crippen MR) is 115 cm³/mol. The summed E-state index contributed by atoms with van der Waals surface area (Å²) in [6.45, 7) is 1.81. The van der Waals surface area contributed by atoms with Crippen LogP contribution in [-0.2, 0) is 4.79 Å². The molecule has 1 aliphatic rings. The number of ether oxygens (including phenoxy) is 3. The van der Waals surface area contributed by atoms with Crippen molar-refractivity contribution in [3.63, 3.8) is 0 Å². The van der Waals surface area contributed by atoms with Crippen LogP contribution in [0.25, 0.3) is 0 Å². The van der Waals surface area contributed by atoms with E-state index in [0.29, 0.717) is 39.3 Å². The minimum atomic E-state index is -0.475. The van der Waals surface area contributed by atoms with Gasteiger partial charge in [0.2, 0.25) is 0 Å². The lowest BCUT2D eigenvalue weighted by Crippen LogP contribution is -2.45. The zero-order chi connectivity index (χ0) is 21.0. The molecule has 1 aliphatic heterocycles. The Bertz CT molecular complexity index is 974. The second-order valence-electron chi connectivity index (χ2n) is 6.33. The fourth-order valence-electron chi connectivity index (χ4n) is 3.23. The maximum atomic E-state index is 13.3. The minimum absolute atomic E-state index is 0.299. The quantitative estimate of drug-likeness (QED) is 0.628. The summed E-state index contributed by atoms with van der Waals surface area (Å²) in [6, 6.07) is 12.2. The van der Waals surface area contributed by atoms with Crippen LogP contribution < -0.4 is 30.2 Å². The molecule has 2 aromatic rings. The van der Waals surface area contributed by atoms with Gasteiger partial charge in [-0.2, -0.15) is 0 Å². The SMILES string of the molecule is COc1ccc(OC)c(NC(=O)C2=C(C)NC(=S)N[C@@H]2c2ccccc2OC)c1. The fourth-order valence-corrected chi connectivity index (χ4v) is 3.51. The number of rotatable bonds is 6. The van der Waals surface area contributed by atoms with Crippen molar-refractivity contribution in [1.82, 2.24) is 10.6 Å². The van der Waals surface area contributed by atoms with E-state index in [0.717, 1.165) is 5.56 Å². The van der Waals surface area contributed by atoms with Crippen LogP contribution in [0, 0.1) is 0 Å². The minimum Gasteiger partial charge on any atom is -0.497 e. The number of benzene rings is 2. The predicted octanol–water partition coefficient (Wildman–Crippen LogP) is 3.14. The topological polar surface area (TPSA) is 80.9 Å². The number of nitrogens with one attached hydrogen (secondary N) is 3. The lowest BCUT2D eigenvalue weighted by Gasteiger charge is -2.31. The summed E-state index contributed by atoms with van der Waals surface area (Å²) < 4.78 is 16.1. The van der Waals surface area contributed by atoms with Crippen molar-refractivity contribution >= 4 is 28.9 Å². The molecule has 29 heavy (non-hydrogen) atoms. The first-order chi connectivity index (χ1) is 14.0. The second kappa shape index (κ2) is 8.83. The van der Waals surface area contributed by atoms with Crippen LogP contribution in [0.5, 0.6) is 17.2 Å². The Balaban J connectivity index is 2.01. The molecule has 0 bridgehead atoms. The molecule has 1 amide bonds. The molecule has 8 heteroatoms. The van der Waals surface area contributed by atoms with Gasteiger partial charge in [0.25, 0.3) is 5.91 Å². The smallest absolute Gasteiger partial charge is 0.255 e. The monoisotopic (exact) mass is 413 g/mol. The second-order valence-corrected chi connectivity index (χ2v) is 6.74. The van der Waals surface area contributed by atoms with Crippen LogP contribution in [0.3, 0.4) is 0 Å². The molecule has 2 aromatic carbocycles. The van der Waals surface area contributed by atoms with Gasteiger partial charge in [0, 0.05) is 17.3 Å².